The molecule has 116 valence electrons. The Bertz CT molecular complexity index is 517. The summed E-state index contributed by atoms with van der Waals surface area (Å²) in [6, 6.07) is 3.25. The molecule has 0 bridgehead atoms. The maximum absolute atomic E-state index is 11.5. The third-order valence-corrected chi connectivity index (χ3v) is 3.81. The summed E-state index contributed by atoms with van der Waals surface area (Å²) in [5.74, 6) is 0.0292. The first-order chi connectivity index (χ1) is 10.1. The van der Waals surface area contributed by atoms with Gasteiger partial charge in [0.25, 0.3) is 0 Å². The highest BCUT2D eigenvalue weighted by Crippen LogP contribution is 2.31. The molecule has 0 spiro atoms. The minimum Gasteiger partial charge on any atom is -0.497 e. The molecular weight excluding hydrogens is 274 g/mol. The maximum atomic E-state index is 11.5. The number of hydrogen-bond acceptors (Lipinski definition) is 5. The van der Waals surface area contributed by atoms with Crippen molar-refractivity contribution in [3.63, 3.8) is 0 Å². The van der Waals surface area contributed by atoms with Crippen molar-refractivity contribution in [3.8, 4) is 11.5 Å². The van der Waals surface area contributed by atoms with Crippen molar-refractivity contribution < 1.29 is 24.1 Å². The Kier molecular flexibility index (Phi) is 5.03. The Hall–Kier alpha value is -1.79. The number of nitrogens with zero attached hydrogens (tertiary/aromatic N) is 1. The number of ether oxygens (including phenoxy) is 3. The van der Waals surface area contributed by atoms with Crippen LogP contribution in [-0.2, 0) is 11.3 Å². The van der Waals surface area contributed by atoms with Gasteiger partial charge in [-0.3, -0.25) is 4.90 Å². The number of methoxy groups -OCH3 is 3. The molecule has 1 aliphatic rings. The second-order valence-electron chi connectivity index (χ2n) is 5.04. The van der Waals surface area contributed by atoms with Crippen molar-refractivity contribution in [2.75, 3.05) is 34.4 Å². The monoisotopic (exact) mass is 295 g/mol. The number of carboxylic acid groups (broad SMARTS) is 1. The van der Waals surface area contributed by atoms with Crippen LogP contribution in [0.1, 0.15) is 22.3 Å². The van der Waals surface area contributed by atoms with E-state index in [2.05, 4.69) is 4.90 Å². The minimum absolute atomic E-state index is 0.211. The van der Waals surface area contributed by atoms with Crippen LogP contribution >= 0.6 is 0 Å². The quantitative estimate of drug-likeness (QED) is 0.860. The van der Waals surface area contributed by atoms with Crippen LogP contribution in [-0.4, -0.2) is 56.5 Å². The highest BCUT2D eigenvalue weighted by molar-refractivity contribution is 5.91. The standard InChI is InChI=1S/C15H21NO5/c1-19-10-4-5-16(8-10)9-13-12(15(17)18)6-11(20-2)7-14(13)21-3/h6-7,10H,4-5,8-9H2,1-3H3,(H,17,18)/t10-/m1/s1. The van der Waals surface area contributed by atoms with Crippen molar-refractivity contribution in [1.29, 1.82) is 0 Å². The predicted molar refractivity (Wildman–Crippen MR) is 77.2 cm³/mol. The van der Waals surface area contributed by atoms with Crippen molar-refractivity contribution in [1.82, 2.24) is 4.90 Å². The van der Waals surface area contributed by atoms with Crippen LogP contribution in [0.4, 0.5) is 0 Å². The zero-order valence-electron chi connectivity index (χ0n) is 12.6. The molecule has 0 aromatic heterocycles. The van der Waals surface area contributed by atoms with E-state index in [1.807, 2.05) is 0 Å². The first-order valence-electron chi connectivity index (χ1n) is 6.82. The van der Waals surface area contributed by atoms with Gasteiger partial charge in [-0.2, -0.15) is 0 Å². The molecule has 2 rings (SSSR count). The van der Waals surface area contributed by atoms with Gasteiger partial charge in [-0.15, -0.1) is 0 Å². The van der Waals surface area contributed by atoms with E-state index in [0.717, 1.165) is 19.5 Å². The van der Waals surface area contributed by atoms with Gasteiger partial charge in [0.05, 0.1) is 25.9 Å². The van der Waals surface area contributed by atoms with Crippen LogP contribution in [0.5, 0.6) is 11.5 Å². The molecule has 1 heterocycles. The van der Waals surface area contributed by atoms with E-state index >= 15 is 0 Å². The average molecular weight is 295 g/mol. The van der Waals surface area contributed by atoms with Gasteiger partial charge in [-0.1, -0.05) is 0 Å². The van der Waals surface area contributed by atoms with E-state index in [0.29, 0.717) is 23.6 Å². The Morgan fingerprint density at radius 2 is 2.10 bits per heavy atom. The summed E-state index contributed by atoms with van der Waals surface area (Å²) >= 11 is 0. The lowest BCUT2D eigenvalue weighted by molar-refractivity contribution is 0.0693. The fraction of sp³-hybridized carbons (Fsp3) is 0.533. The molecule has 1 saturated heterocycles. The lowest BCUT2D eigenvalue weighted by Gasteiger charge is -2.20. The van der Waals surface area contributed by atoms with E-state index in [-0.39, 0.29) is 11.7 Å². The van der Waals surface area contributed by atoms with Crippen LogP contribution in [0.15, 0.2) is 12.1 Å². The summed E-state index contributed by atoms with van der Waals surface area (Å²) in [4.78, 5) is 13.7. The Labute approximate surface area is 124 Å². The highest BCUT2D eigenvalue weighted by atomic mass is 16.5. The Morgan fingerprint density at radius 1 is 1.33 bits per heavy atom. The molecule has 6 heteroatoms. The number of rotatable bonds is 6. The molecule has 1 atom stereocenters. The molecule has 0 saturated carbocycles. The number of carboxylic acids is 1. The summed E-state index contributed by atoms with van der Waals surface area (Å²) in [5, 5.41) is 9.42. The van der Waals surface area contributed by atoms with Crippen molar-refractivity contribution >= 4 is 5.97 Å². The van der Waals surface area contributed by atoms with E-state index in [1.54, 1.807) is 13.2 Å². The summed E-state index contributed by atoms with van der Waals surface area (Å²) in [6.45, 7) is 2.20. The molecule has 0 unspecified atom stereocenters. The second kappa shape index (κ2) is 6.78. The molecule has 1 aliphatic heterocycles. The molecular formula is C15H21NO5. The molecule has 0 radical (unpaired) electrons. The fourth-order valence-electron chi connectivity index (χ4n) is 2.63. The summed E-state index contributed by atoms with van der Waals surface area (Å²) in [5.41, 5.74) is 0.884. The van der Waals surface area contributed by atoms with Gasteiger partial charge in [0.1, 0.15) is 11.5 Å². The molecule has 0 aliphatic carbocycles. The molecule has 1 aromatic rings. The lowest BCUT2D eigenvalue weighted by Crippen LogP contribution is -2.24. The smallest absolute Gasteiger partial charge is 0.336 e. The minimum atomic E-state index is -0.982. The summed E-state index contributed by atoms with van der Waals surface area (Å²) < 4.78 is 15.8. The lowest BCUT2D eigenvalue weighted by atomic mass is 10.0. The zero-order chi connectivity index (χ0) is 15.4. The fourth-order valence-corrected chi connectivity index (χ4v) is 2.63. The normalized spacial score (nSPS) is 18.7. The van der Waals surface area contributed by atoms with E-state index in [1.165, 1.54) is 20.3 Å². The van der Waals surface area contributed by atoms with Crippen molar-refractivity contribution in [3.05, 3.63) is 23.3 Å². The van der Waals surface area contributed by atoms with Gasteiger partial charge < -0.3 is 19.3 Å². The SMILES string of the molecule is COc1cc(OC)c(CN2CC[C@@H](OC)C2)c(C(=O)O)c1. The van der Waals surface area contributed by atoms with Crippen LogP contribution < -0.4 is 9.47 Å². The maximum Gasteiger partial charge on any atom is 0.336 e. The first kappa shape index (κ1) is 15.6. The number of aromatic carboxylic acids is 1. The first-order valence-corrected chi connectivity index (χ1v) is 6.82. The van der Waals surface area contributed by atoms with Gasteiger partial charge in [-0.05, 0) is 12.5 Å². The van der Waals surface area contributed by atoms with Crippen LogP contribution in [0.25, 0.3) is 0 Å². The van der Waals surface area contributed by atoms with Crippen LogP contribution in [0.3, 0.4) is 0 Å². The third kappa shape index (κ3) is 3.46. The van der Waals surface area contributed by atoms with Gasteiger partial charge >= 0.3 is 5.97 Å². The molecule has 1 fully saturated rings. The molecule has 6 nitrogen and oxygen atoms in total. The number of likely N-dealkylation sites (tertiary alicyclic amines) is 1. The summed E-state index contributed by atoms with van der Waals surface area (Å²) in [7, 11) is 4.74. The predicted octanol–water partition coefficient (Wildman–Crippen LogP) is 1.62. The molecule has 0 amide bonds. The number of carbonyl (C=O) groups is 1. The number of benzene rings is 1. The largest absolute Gasteiger partial charge is 0.497 e. The Morgan fingerprint density at radius 3 is 2.62 bits per heavy atom. The van der Waals surface area contributed by atoms with E-state index in [9.17, 15) is 9.90 Å². The third-order valence-electron chi connectivity index (χ3n) is 3.81. The van der Waals surface area contributed by atoms with E-state index < -0.39 is 5.97 Å². The van der Waals surface area contributed by atoms with Gasteiger partial charge in [-0.25, -0.2) is 4.79 Å². The summed E-state index contributed by atoms with van der Waals surface area (Å²) in [6.07, 6.45) is 1.17. The molecule has 1 aromatic carbocycles. The topological polar surface area (TPSA) is 68.2 Å². The zero-order valence-corrected chi connectivity index (χ0v) is 12.6. The Balaban J connectivity index is 2.30. The average Bonchev–Trinajstić information content (AvgIpc) is 2.94. The van der Waals surface area contributed by atoms with Crippen LogP contribution in [0, 0.1) is 0 Å². The van der Waals surface area contributed by atoms with Crippen LogP contribution in [0.2, 0.25) is 0 Å². The van der Waals surface area contributed by atoms with E-state index in [4.69, 9.17) is 14.2 Å². The molecule has 21 heavy (non-hydrogen) atoms. The number of hydrogen-bond donors (Lipinski definition) is 1. The van der Waals surface area contributed by atoms with Gasteiger partial charge in [0.15, 0.2) is 0 Å². The highest BCUT2D eigenvalue weighted by Gasteiger charge is 2.25. The second-order valence-corrected chi connectivity index (χ2v) is 5.04. The van der Waals surface area contributed by atoms with Gasteiger partial charge in [0.2, 0.25) is 0 Å². The molecule has 1 N–H and O–H groups in total. The van der Waals surface area contributed by atoms with Crippen molar-refractivity contribution in [2.45, 2.75) is 19.1 Å². The van der Waals surface area contributed by atoms with Gasteiger partial charge in [0, 0.05) is 38.4 Å². The van der Waals surface area contributed by atoms with Crippen molar-refractivity contribution in [2.24, 2.45) is 0 Å².